The highest BCUT2D eigenvalue weighted by Crippen LogP contribution is 2.26. The van der Waals surface area contributed by atoms with Crippen molar-refractivity contribution in [1.82, 2.24) is 9.62 Å². The van der Waals surface area contributed by atoms with E-state index >= 15 is 0 Å². The van der Waals surface area contributed by atoms with Gasteiger partial charge in [0.15, 0.2) is 0 Å². The zero-order chi connectivity index (χ0) is 20.9. The van der Waals surface area contributed by atoms with Crippen LogP contribution in [0.1, 0.15) is 43.0 Å². The molecular weight excluding hydrogens is 408 g/mol. The molecule has 0 saturated heterocycles. The molecule has 1 fully saturated rings. The van der Waals surface area contributed by atoms with Gasteiger partial charge >= 0.3 is 12.1 Å². The molecule has 1 aromatic carbocycles. The number of ether oxygens (including phenoxy) is 2. The molecule has 0 radical (unpaired) electrons. The van der Waals surface area contributed by atoms with Crippen LogP contribution in [0.4, 0.5) is 4.79 Å². The van der Waals surface area contributed by atoms with Gasteiger partial charge in [-0.2, -0.15) is 0 Å². The maximum atomic E-state index is 12.5. The Labute approximate surface area is 170 Å². The van der Waals surface area contributed by atoms with Crippen molar-refractivity contribution in [2.24, 2.45) is 0 Å². The summed E-state index contributed by atoms with van der Waals surface area (Å²) in [6.07, 6.45) is 1.69. The van der Waals surface area contributed by atoms with Crippen LogP contribution in [0.25, 0.3) is 0 Å². The lowest BCUT2D eigenvalue weighted by atomic mass is 9.93. The standard InChI is InChI=1S/C18H25ClN2O6S/c1-4-26-18(23)20-12-5-7-13(8-6-12)27-17(22)15-11-14(9-10-16(15)19)28(24,25)21(2)3/h9-13H,4-8H2,1-3H3,(H,20,23). The van der Waals surface area contributed by atoms with Gasteiger partial charge in [0.05, 0.1) is 22.1 Å². The summed E-state index contributed by atoms with van der Waals surface area (Å²) in [5, 5.41) is 2.90. The van der Waals surface area contributed by atoms with E-state index in [4.69, 9.17) is 21.1 Å². The van der Waals surface area contributed by atoms with Crippen LogP contribution in [0.2, 0.25) is 5.02 Å². The van der Waals surface area contributed by atoms with Crippen molar-refractivity contribution in [3.8, 4) is 0 Å². The van der Waals surface area contributed by atoms with Crippen LogP contribution < -0.4 is 5.32 Å². The lowest BCUT2D eigenvalue weighted by Gasteiger charge is -2.28. The minimum Gasteiger partial charge on any atom is -0.459 e. The fourth-order valence-electron chi connectivity index (χ4n) is 2.91. The second-order valence-corrected chi connectivity index (χ2v) is 9.23. The van der Waals surface area contributed by atoms with Crippen molar-refractivity contribution in [1.29, 1.82) is 0 Å². The Hall–Kier alpha value is -1.84. The third kappa shape index (κ3) is 5.59. The molecule has 8 nitrogen and oxygen atoms in total. The summed E-state index contributed by atoms with van der Waals surface area (Å²) in [5.74, 6) is -0.664. The van der Waals surface area contributed by atoms with Crippen LogP contribution in [0.5, 0.6) is 0 Å². The van der Waals surface area contributed by atoms with Crippen LogP contribution in [0.15, 0.2) is 23.1 Å². The molecule has 0 bridgehead atoms. The number of nitrogens with zero attached hydrogens (tertiary/aromatic N) is 1. The van der Waals surface area contributed by atoms with Gasteiger partial charge < -0.3 is 14.8 Å². The molecule has 28 heavy (non-hydrogen) atoms. The second-order valence-electron chi connectivity index (χ2n) is 6.67. The van der Waals surface area contributed by atoms with Gasteiger partial charge in [0, 0.05) is 20.1 Å². The number of sulfonamides is 1. The van der Waals surface area contributed by atoms with Crippen molar-refractivity contribution in [3.63, 3.8) is 0 Å². The molecule has 156 valence electrons. The van der Waals surface area contributed by atoms with E-state index in [1.54, 1.807) is 6.92 Å². The van der Waals surface area contributed by atoms with Crippen LogP contribution in [-0.4, -0.2) is 57.6 Å². The zero-order valence-electron chi connectivity index (χ0n) is 16.1. The van der Waals surface area contributed by atoms with Gasteiger partial charge in [-0.15, -0.1) is 0 Å². The van der Waals surface area contributed by atoms with Gasteiger partial charge in [0.1, 0.15) is 6.10 Å². The largest absolute Gasteiger partial charge is 0.459 e. The van der Waals surface area contributed by atoms with Gasteiger partial charge in [-0.3, -0.25) is 0 Å². The molecule has 1 aliphatic rings. The van der Waals surface area contributed by atoms with E-state index in [1.807, 2.05) is 0 Å². The molecule has 1 aromatic rings. The molecule has 0 heterocycles. The Kier molecular flexibility index (Phi) is 7.68. The monoisotopic (exact) mass is 432 g/mol. The lowest BCUT2D eigenvalue weighted by Crippen LogP contribution is -2.39. The predicted molar refractivity (Wildman–Crippen MR) is 104 cm³/mol. The molecule has 0 spiro atoms. The molecule has 1 N–H and O–H groups in total. The molecule has 2 rings (SSSR count). The smallest absolute Gasteiger partial charge is 0.407 e. The Morgan fingerprint density at radius 3 is 2.43 bits per heavy atom. The van der Waals surface area contributed by atoms with Crippen molar-refractivity contribution in [3.05, 3.63) is 28.8 Å². The minimum atomic E-state index is -3.69. The van der Waals surface area contributed by atoms with Crippen molar-refractivity contribution < 1.29 is 27.5 Å². The van der Waals surface area contributed by atoms with Gasteiger partial charge in [-0.05, 0) is 50.8 Å². The Balaban J connectivity index is 2.00. The summed E-state index contributed by atoms with van der Waals surface area (Å²) in [5.41, 5.74) is 0.0105. The van der Waals surface area contributed by atoms with E-state index in [2.05, 4.69) is 5.32 Å². The molecule has 0 aromatic heterocycles. The molecule has 1 saturated carbocycles. The third-order valence-corrected chi connectivity index (χ3v) is 6.62. The SMILES string of the molecule is CCOC(=O)NC1CCC(OC(=O)c2cc(S(=O)(=O)N(C)C)ccc2Cl)CC1. The topological polar surface area (TPSA) is 102 Å². The number of amides is 1. The number of alkyl carbamates (subject to hydrolysis) is 1. The molecule has 10 heteroatoms. The first-order valence-corrected chi connectivity index (χ1v) is 10.8. The third-order valence-electron chi connectivity index (χ3n) is 4.48. The number of hydrogen-bond donors (Lipinski definition) is 1. The number of benzene rings is 1. The fraction of sp³-hybridized carbons (Fsp3) is 0.556. The van der Waals surface area contributed by atoms with Crippen molar-refractivity contribution in [2.45, 2.75) is 49.6 Å². The first kappa shape index (κ1) is 22.4. The van der Waals surface area contributed by atoms with E-state index in [-0.39, 0.29) is 27.6 Å². The summed E-state index contributed by atoms with van der Waals surface area (Å²) in [6, 6.07) is 3.93. The lowest BCUT2D eigenvalue weighted by molar-refractivity contribution is 0.0183. The number of halogens is 1. The summed E-state index contributed by atoms with van der Waals surface area (Å²) >= 11 is 6.08. The Morgan fingerprint density at radius 2 is 1.86 bits per heavy atom. The number of carbonyl (C=O) groups is 2. The van der Waals surface area contributed by atoms with Gasteiger partial charge in [0.25, 0.3) is 0 Å². The highest BCUT2D eigenvalue weighted by molar-refractivity contribution is 7.89. The molecule has 0 aliphatic heterocycles. The van der Waals surface area contributed by atoms with E-state index < -0.39 is 22.1 Å². The van der Waals surface area contributed by atoms with Gasteiger partial charge in [-0.1, -0.05) is 11.6 Å². The second kappa shape index (κ2) is 9.58. The van der Waals surface area contributed by atoms with Crippen LogP contribution in [-0.2, 0) is 19.5 Å². The molecule has 1 aliphatic carbocycles. The summed E-state index contributed by atoms with van der Waals surface area (Å²) in [4.78, 5) is 24.0. The van der Waals surface area contributed by atoms with Crippen LogP contribution in [0, 0.1) is 0 Å². The average Bonchev–Trinajstić information content (AvgIpc) is 2.63. The number of hydrogen-bond acceptors (Lipinski definition) is 6. The van der Waals surface area contributed by atoms with Crippen molar-refractivity contribution >= 4 is 33.7 Å². The first-order chi connectivity index (χ1) is 13.1. The highest BCUT2D eigenvalue weighted by atomic mass is 35.5. The summed E-state index contributed by atoms with van der Waals surface area (Å²) in [7, 11) is -0.877. The van der Waals surface area contributed by atoms with Crippen molar-refractivity contribution in [2.75, 3.05) is 20.7 Å². The van der Waals surface area contributed by atoms with E-state index in [1.165, 1.54) is 32.3 Å². The van der Waals surface area contributed by atoms with Gasteiger partial charge in [-0.25, -0.2) is 22.3 Å². The Morgan fingerprint density at radius 1 is 1.21 bits per heavy atom. The molecule has 0 atom stereocenters. The number of nitrogens with one attached hydrogen (secondary N) is 1. The fourth-order valence-corrected chi connectivity index (χ4v) is 4.03. The first-order valence-electron chi connectivity index (χ1n) is 9.01. The van der Waals surface area contributed by atoms with Gasteiger partial charge in [0.2, 0.25) is 10.0 Å². The van der Waals surface area contributed by atoms with E-state index in [9.17, 15) is 18.0 Å². The highest BCUT2D eigenvalue weighted by Gasteiger charge is 2.27. The Bertz CT molecular complexity index is 819. The number of carbonyl (C=O) groups excluding carboxylic acids is 2. The van der Waals surface area contributed by atoms with E-state index in [0.717, 1.165) is 4.31 Å². The molecular formula is C18H25ClN2O6S. The predicted octanol–water partition coefficient (Wildman–Crippen LogP) is 2.80. The normalized spacial score (nSPS) is 19.9. The van der Waals surface area contributed by atoms with Crippen LogP contribution >= 0.6 is 11.6 Å². The molecule has 0 unspecified atom stereocenters. The quantitative estimate of drug-likeness (QED) is 0.693. The van der Waals surface area contributed by atoms with E-state index in [0.29, 0.717) is 32.3 Å². The summed E-state index contributed by atoms with van der Waals surface area (Å²) in [6.45, 7) is 2.04. The summed E-state index contributed by atoms with van der Waals surface area (Å²) < 4.78 is 36.0. The maximum absolute atomic E-state index is 12.5. The van der Waals surface area contributed by atoms with Crippen LogP contribution in [0.3, 0.4) is 0 Å². The zero-order valence-corrected chi connectivity index (χ0v) is 17.7. The maximum Gasteiger partial charge on any atom is 0.407 e. The number of esters is 1. The average molecular weight is 433 g/mol. The number of rotatable bonds is 6. The minimum absolute atomic E-state index is 0.0105. The molecule has 1 amide bonds.